The van der Waals surface area contributed by atoms with Gasteiger partial charge in [-0.15, -0.1) is 11.3 Å². The fourth-order valence-corrected chi connectivity index (χ4v) is 1.80. The Labute approximate surface area is 77.2 Å². The maximum Gasteiger partial charge on any atom is 0.185 e. The van der Waals surface area contributed by atoms with Crippen molar-refractivity contribution in [3.63, 3.8) is 0 Å². The number of hydrogen-bond acceptors (Lipinski definition) is 4. The molecular weight excluding hydrogens is 170 g/mol. The van der Waals surface area contributed by atoms with Crippen molar-refractivity contribution in [3.8, 4) is 0 Å². The molecule has 1 rings (SSSR count). The second kappa shape index (κ2) is 5.11. The third-order valence-corrected chi connectivity index (χ3v) is 2.41. The standard InChI is InChI=1S/C8H15N3S/c1-2-5-11(6-3-9)8-10-4-7-12-8/h4,7H,2-3,5-6,9H2,1H3. The fourth-order valence-electron chi connectivity index (χ4n) is 1.10. The van der Waals surface area contributed by atoms with Crippen LogP contribution in [0.4, 0.5) is 5.13 Å². The van der Waals surface area contributed by atoms with E-state index in [1.807, 2.05) is 11.6 Å². The molecular formula is C8H15N3S. The number of hydrogen-bond donors (Lipinski definition) is 1. The Hall–Kier alpha value is -0.610. The topological polar surface area (TPSA) is 42.1 Å². The van der Waals surface area contributed by atoms with E-state index < -0.39 is 0 Å². The van der Waals surface area contributed by atoms with E-state index in [9.17, 15) is 0 Å². The molecule has 0 radical (unpaired) electrons. The second-order valence-electron chi connectivity index (χ2n) is 2.59. The highest BCUT2D eigenvalue weighted by molar-refractivity contribution is 7.13. The van der Waals surface area contributed by atoms with Crippen LogP contribution >= 0.6 is 11.3 Å². The molecule has 0 unspecified atom stereocenters. The predicted octanol–water partition coefficient (Wildman–Crippen LogP) is 1.32. The smallest absolute Gasteiger partial charge is 0.185 e. The molecule has 0 aliphatic heterocycles. The summed E-state index contributed by atoms with van der Waals surface area (Å²) in [6.07, 6.45) is 2.97. The van der Waals surface area contributed by atoms with E-state index in [2.05, 4.69) is 16.8 Å². The average molecular weight is 185 g/mol. The number of thiazole rings is 1. The first-order chi connectivity index (χ1) is 5.88. The molecule has 0 saturated carbocycles. The molecule has 0 aliphatic carbocycles. The minimum Gasteiger partial charge on any atom is -0.347 e. The monoisotopic (exact) mass is 185 g/mol. The van der Waals surface area contributed by atoms with Gasteiger partial charge in [-0.1, -0.05) is 6.92 Å². The number of nitrogens with zero attached hydrogens (tertiary/aromatic N) is 2. The lowest BCUT2D eigenvalue weighted by atomic mass is 10.4. The molecule has 0 bridgehead atoms. The highest BCUT2D eigenvalue weighted by Gasteiger charge is 2.05. The molecule has 0 amide bonds. The van der Waals surface area contributed by atoms with Gasteiger partial charge in [0.25, 0.3) is 0 Å². The van der Waals surface area contributed by atoms with Gasteiger partial charge in [0.1, 0.15) is 0 Å². The van der Waals surface area contributed by atoms with Gasteiger partial charge in [0.05, 0.1) is 0 Å². The van der Waals surface area contributed by atoms with Gasteiger partial charge in [0.2, 0.25) is 0 Å². The predicted molar refractivity (Wildman–Crippen MR) is 53.7 cm³/mol. The maximum absolute atomic E-state index is 5.50. The van der Waals surface area contributed by atoms with Crippen LogP contribution in [0.1, 0.15) is 13.3 Å². The Kier molecular flexibility index (Phi) is 4.04. The molecule has 2 N–H and O–H groups in total. The minimum absolute atomic E-state index is 0.694. The normalized spacial score (nSPS) is 10.2. The van der Waals surface area contributed by atoms with Crippen molar-refractivity contribution in [1.82, 2.24) is 4.98 Å². The first-order valence-electron chi connectivity index (χ1n) is 4.23. The van der Waals surface area contributed by atoms with E-state index in [1.54, 1.807) is 11.3 Å². The molecule has 1 heterocycles. The van der Waals surface area contributed by atoms with Crippen molar-refractivity contribution in [1.29, 1.82) is 0 Å². The molecule has 0 aliphatic rings. The lowest BCUT2D eigenvalue weighted by molar-refractivity contribution is 0.759. The van der Waals surface area contributed by atoms with Crippen molar-refractivity contribution in [3.05, 3.63) is 11.6 Å². The van der Waals surface area contributed by atoms with Crippen molar-refractivity contribution >= 4 is 16.5 Å². The average Bonchev–Trinajstić information content (AvgIpc) is 2.56. The van der Waals surface area contributed by atoms with Crippen LogP contribution in [0, 0.1) is 0 Å². The summed E-state index contributed by atoms with van der Waals surface area (Å²) in [5.74, 6) is 0. The van der Waals surface area contributed by atoms with E-state index in [1.165, 1.54) is 0 Å². The van der Waals surface area contributed by atoms with Crippen LogP contribution in [0.3, 0.4) is 0 Å². The number of aromatic nitrogens is 1. The van der Waals surface area contributed by atoms with Gasteiger partial charge in [0.15, 0.2) is 5.13 Å². The van der Waals surface area contributed by atoms with Gasteiger partial charge in [0, 0.05) is 31.2 Å². The van der Waals surface area contributed by atoms with E-state index >= 15 is 0 Å². The number of anilines is 1. The van der Waals surface area contributed by atoms with E-state index in [0.29, 0.717) is 6.54 Å². The first-order valence-corrected chi connectivity index (χ1v) is 5.11. The van der Waals surface area contributed by atoms with Crippen LogP contribution in [0.15, 0.2) is 11.6 Å². The largest absolute Gasteiger partial charge is 0.347 e. The summed E-state index contributed by atoms with van der Waals surface area (Å²) in [5.41, 5.74) is 5.50. The van der Waals surface area contributed by atoms with Gasteiger partial charge in [-0.2, -0.15) is 0 Å². The van der Waals surface area contributed by atoms with Gasteiger partial charge >= 0.3 is 0 Å². The van der Waals surface area contributed by atoms with Crippen molar-refractivity contribution in [2.24, 2.45) is 5.73 Å². The van der Waals surface area contributed by atoms with Gasteiger partial charge in [-0.3, -0.25) is 0 Å². The molecule has 4 heteroatoms. The summed E-state index contributed by atoms with van der Waals surface area (Å²) in [6.45, 7) is 4.81. The molecule has 0 spiro atoms. The molecule has 0 aromatic carbocycles. The van der Waals surface area contributed by atoms with Crippen molar-refractivity contribution < 1.29 is 0 Å². The van der Waals surface area contributed by atoms with Crippen LogP contribution < -0.4 is 10.6 Å². The van der Waals surface area contributed by atoms with E-state index in [0.717, 1.165) is 24.6 Å². The zero-order valence-corrected chi connectivity index (χ0v) is 8.18. The quantitative estimate of drug-likeness (QED) is 0.752. The SMILES string of the molecule is CCCN(CCN)c1nccs1. The lowest BCUT2D eigenvalue weighted by Crippen LogP contribution is -2.29. The Balaban J connectivity index is 2.53. The first kappa shape index (κ1) is 9.48. The minimum atomic E-state index is 0.694. The summed E-state index contributed by atoms with van der Waals surface area (Å²) >= 11 is 1.67. The Morgan fingerprint density at radius 1 is 1.58 bits per heavy atom. The summed E-state index contributed by atoms with van der Waals surface area (Å²) in [7, 11) is 0. The Morgan fingerprint density at radius 2 is 2.42 bits per heavy atom. The Morgan fingerprint density at radius 3 is 2.92 bits per heavy atom. The molecule has 0 saturated heterocycles. The van der Waals surface area contributed by atoms with E-state index in [4.69, 9.17) is 5.73 Å². The third-order valence-electron chi connectivity index (χ3n) is 1.58. The van der Waals surface area contributed by atoms with Crippen LogP contribution in [-0.4, -0.2) is 24.6 Å². The summed E-state index contributed by atoms with van der Waals surface area (Å²) in [5, 5.41) is 3.08. The van der Waals surface area contributed by atoms with Gasteiger partial charge < -0.3 is 10.6 Å². The summed E-state index contributed by atoms with van der Waals surface area (Å²) in [4.78, 5) is 6.47. The molecule has 12 heavy (non-hydrogen) atoms. The van der Waals surface area contributed by atoms with Crippen LogP contribution in [0.5, 0.6) is 0 Å². The highest BCUT2D eigenvalue weighted by atomic mass is 32.1. The molecule has 0 atom stereocenters. The molecule has 3 nitrogen and oxygen atoms in total. The zero-order chi connectivity index (χ0) is 8.81. The highest BCUT2D eigenvalue weighted by Crippen LogP contribution is 2.16. The van der Waals surface area contributed by atoms with Crippen molar-refractivity contribution in [2.45, 2.75) is 13.3 Å². The number of rotatable bonds is 5. The molecule has 1 aromatic heterocycles. The van der Waals surface area contributed by atoms with Crippen LogP contribution in [0.2, 0.25) is 0 Å². The van der Waals surface area contributed by atoms with Crippen LogP contribution in [0.25, 0.3) is 0 Å². The molecule has 0 fully saturated rings. The third kappa shape index (κ3) is 2.46. The Bertz CT molecular complexity index is 192. The number of nitrogens with two attached hydrogens (primary N) is 1. The maximum atomic E-state index is 5.50. The molecule has 1 aromatic rings. The van der Waals surface area contributed by atoms with E-state index in [-0.39, 0.29) is 0 Å². The van der Waals surface area contributed by atoms with Crippen molar-refractivity contribution in [2.75, 3.05) is 24.5 Å². The van der Waals surface area contributed by atoms with Gasteiger partial charge in [-0.25, -0.2) is 4.98 Å². The zero-order valence-electron chi connectivity index (χ0n) is 7.36. The summed E-state index contributed by atoms with van der Waals surface area (Å²) in [6, 6.07) is 0. The summed E-state index contributed by atoms with van der Waals surface area (Å²) < 4.78 is 0. The van der Waals surface area contributed by atoms with Gasteiger partial charge in [-0.05, 0) is 6.42 Å². The fraction of sp³-hybridized carbons (Fsp3) is 0.625. The molecule has 68 valence electrons. The lowest BCUT2D eigenvalue weighted by Gasteiger charge is -2.19. The van der Waals surface area contributed by atoms with Crippen LogP contribution in [-0.2, 0) is 0 Å². The second-order valence-corrected chi connectivity index (χ2v) is 3.46.